The zero-order chi connectivity index (χ0) is 27.5. The topological polar surface area (TPSA) is 31.2 Å². The number of methoxy groups -OCH3 is 1. The van der Waals surface area contributed by atoms with Crippen LogP contribution >= 0.6 is 0 Å². The molecular formula is C30H31F4NO2. The lowest BCUT2D eigenvalue weighted by Crippen LogP contribution is -2.18. The lowest BCUT2D eigenvalue weighted by atomic mass is 9.87. The third kappa shape index (κ3) is 6.21. The number of fused-ring (bicyclic) bond motifs is 1. The first-order valence-electron chi connectivity index (χ1n) is 11.8. The fourth-order valence-corrected chi connectivity index (χ4v) is 4.27. The summed E-state index contributed by atoms with van der Waals surface area (Å²) in [6.45, 7) is 11.0. The molecule has 0 bridgehead atoms. The molecule has 1 heterocycles. The Morgan fingerprint density at radius 2 is 1.78 bits per heavy atom. The van der Waals surface area contributed by atoms with Crippen molar-refractivity contribution in [2.75, 3.05) is 7.11 Å². The van der Waals surface area contributed by atoms with Gasteiger partial charge in [0.1, 0.15) is 11.6 Å². The molecule has 3 aromatic rings. The lowest BCUT2D eigenvalue weighted by Gasteiger charge is -2.20. The second-order valence-electron chi connectivity index (χ2n) is 10.1. The summed E-state index contributed by atoms with van der Waals surface area (Å²) in [7, 11) is 1.45. The van der Waals surface area contributed by atoms with E-state index in [1.54, 1.807) is 41.8 Å². The van der Waals surface area contributed by atoms with Crippen LogP contribution in [0.1, 0.15) is 61.3 Å². The zero-order valence-electron chi connectivity index (χ0n) is 21.7. The molecule has 0 amide bonds. The van der Waals surface area contributed by atoms with Crippen LogP contribution in [0.25, 0.3) is 16.5 Å². The first-order valence-corrected chi connectivity index (χ1v) is 11.8. The van der Waals surface area contributed by atoms with E-state index in [-0.39, 0.29) is 29.8 Å². The third-order valence-corrected chi connectivity index (χ3v) is 5.99. The molecule has 3 rings (SSSR count). The molecule has 2 aromatic carbocycles. The molecule has 3 nitrogen and oxygen atoms in total. The largest absolute Gasteiger partial charge is 0.501 e. The summed E-state index contributed by atoms with van der Waals surface area (Å²) in [6.07, 6.45) is 0.348. The number of hydrogen-bond acceptors (Lipinski definition) is 2. The van der Waals surface area contributed by atoms with Crippen molar-refractivity contribution < 1.29 is 27.1 Å². The van der Waals surface area contributed by atoms with Crippen LogP contribution in [0.3, 0.4) is 0 Å². The van der Waals surface area contributed by atoms with Gasteiger partial charge in [-0.05, 0) is 36.6 Å². The maximum absolute atomic E-state index is 14.7. The van der Waals surface area contributed by atoms with E-state index in [0.717, 1.165) is 12.1 Å². The highest BCUT2D eigenvalue weighted by Crippen LogP contribution is 2.40. The quantitative estimate of drug-likeness (QED) is 0.131. The molecule has 0 atom stereocenters. The summed E-state index contributed by atoms with van der Waals surface area (Å²) >= 11 is 0. The van der Waals surface area contributed by atoms with Crippen LogP contribution < -0.4 is 0 Å². The maximum atomic E-state index is 14.7. The van der Waals surface area contributed by atoms with Gasteiger partial charge in [0.05, 0.1) is 24.9 Å². The van der Waals surface area contributed by atoms with Crippen LogP contribution in [0.5, 0.6) is 0 Å². The van der Waals surface area contributed by atoms with Crippen molar-refractivity contribution in [3.8, 4) is 0 Å². The zero-order valence-corrected chi connectivity index (χ0v) is 21.7. The molecule has 0 aliphatic rings. The molecule has 0 fully saturated rings. The van der Waals surface area contributed by atoms with Crippen molar-refractivity contribution in [2.45, 2.75) is 46.8 Å². The van der Waals surface area contributed by atoms with E-state index in [2.05, 4.69) is 6.58 Å². The number of rotatable bonds is 8. The average Bonchev–Trinajstić information content (AvgIpc) is 3.12. The van der Waals surface area contributed by atoms with Crippen LogP contribution in [0, 0.1) is 11.2 Å². The second-order valence-corrected chi connectivity index (χ2v) is 10.1. The van der Waals surface area contributed by atoms with E-state index in [4.69, 9.17) is 4.74 Å². The fourth-order valence-electron chi connectivity index (χ4n) is 4.27. The summed E-state index contributed by atoms with van der Waals surface area (Å²) in [5.41, 5.74) is 0.402. The predicted octanol–water partition coefficient (Wildman–Crippen LogP) is 8.59. The van der Waals surface area contributed by atoms with Crippen molar-refractivity contribution in [3.63, 3.8) is 0 Å². The van der Waals surface area contributed by atoms with Gasteiger partial charge >= 0.3 is 6.18 Å². The van der Waals surface area contributed by atoms with Crippen LogP contribution in [-0.2, 0) is 17.5 Å². The maximum Gasteiger partial charge on any atom is 0.416 e. The summed E-state index contributed by atoms with van der Waals surface area (Å²) in [6, 6.07) is 9.51. The van der Waals surface area contributed by atoms with Gasteiger partial charge in [0, 0.05) is 34.0 Å². The van der Waals surface area contributed by atoms with Gasteiger partial charge in [-0.25, -0.2) is 4.39 Å². The monoisotopic (exact) mass is 513 g/mol. The van der Waals surface area contributed by atoms with Gasteiger partial charge in [0.25, 0.3) is 0 Å². The minimum Gasteiger partial charge on any atom is -0.501 e. The number of nitrogens with zero attached hydrogens (tertiary/aromatic N) is 1. The first kappa shape index (κ1) is 28.0. The molecule has 0 spiro atoms. The molecule has 0 aliphatic carbocycles. The van der Waals surface area contributed by atoms with Gasteiger partial charge in [-0.2, -0.15) is 13.2 Å². The lowest BCUT2D eigenvalue weighted by molar-refractivity contribution is -0.137. The Kier molecular flexibility index (Phi) is 8.16. The van der Waals surface area contributed by atoms with Gasteiger partial charge in [0.15, 0.2) is 5.78 Å². The summed E-state index contributed by atoms with van der Waals surface area (Å²) in [5, 5.41) is 0.225. The average molecular weight is 514 g/mol. The number of alkyl halides is 3. The molecule has 37 heavy (non-hydrogen) atoms. The van der Waals surface area contributed by atoms with Crippen LogP contribution in [-0.4, -0.2) is 17.5 Å². The highest BCUT2D eigenvalue weighted by molar-refractivity contribution is 6.10. The Labute approximate surface area is 214 Å². The summed E-state index contributed by atoms with van der Waals surface area (Å²) in [5.74, 6) is -0.329. The third-order valence-electron chi connectivity index (χ3n) is 5.99. The van der Waals surface area contributed by atoms with Gasteiger partial charge in [-0.3, -0.25) is 4.79 Å². The van der Waals surface area contributed by atoms with E-state index < -0.39 is 23.0 Å². The van der Waals surface area contributed by atoms with E-state index in [0.29, 0.717) is 28.0 Å². The molecule has 1 aromatic heterocycles. The normalized spacial score (nSPS) is 13.2. The Morgan fingerprint density at radius 1 is 1.11 bits per heavy atom. The predicted molar refractivity (Wildman–Crippen MR) is 140 cm³/mol. The van der Waals surface area contributed by atoms with E-state index >= 15 is 0 Å². The number of benzene rings is 2. The molecule has 0 saturated heterocycles. The van der Waals surface area contributed by atoms with Gasteiger partial charge in [-0.1, -0.05) is 63.8 Å². The number of halogens is 4. The highest BCUT2D eigenvalue weighted by Gasteiger charge is 2.33. The van der Waals surface area contributed by atoms with Crippen molar-refractivity contribution >= 4 is 22.3 Å². The molecule has 0 aliphatic heterocycles. The Balaban J connectivity index is 2.52. The number of carbonyl (C=O) groups excluding carboxylic acids is 1. The number of allylic oxidation sites excluding steroid dienone is 5. The number of hydrogen-bond donors (Lipinski definition) is 0. The number of ether oxygens (including phenoxy) is 1. The van der Waals surface area contributed by atoms with Gasteiger partial charge in [0.2, 0.25) is 0 Å². The van der Waals surface area contributed by atoms with Crippen molar-refractivity contribution in [1.29, 1.82) is 0 Å². The van der Waals surface area contributed by atoms with Gasteiger partial charge < -0.3 is 9.30 Å². The number of carbonyl (C=O) groups is 1. The smallest absolute Gasteiger partial charge is 0.416 e. The van der Waals surface area contributed by atoms with E-state index in [1.165, 1.54) is 25.3 Å². The fraction of sp³-hybridized carbons (Fsp3) is 0.300. The molecule has 196 valence electrons. The van der Waals surface area contributed by atoms with Crippen molar-refractivity contribution in [3.05, 3.63) is 101 Å². The minimum absolute atomic E-state index is 0.0375. The molecule has 0 saturated carbocycles. The summed E-state index contributed by atoms with van der Waals surface area (Å²) < 4.78 is 63.1. The van der Waals surface area contributed by atoms with Crippen molar-refractivity contribution in [2.24, 2.45) is 5.41 Å². The van der Waals surface area contributed by atoms with Crippen LogP contribution in [0.2, 0.25) is 0 Å². The molecular weight excluding hydrogens is 482 g/mol. The molecule has 0 radical (unpaired) electrons. The van der Waals surface area contributed by atoms with Crippen LogP contribution in [0.4, 0.5) is 17.6 Å². The van der Waals surface area contributed by atoms with Crippen molar-refractivity contribution in [1.82, 2.24) is 4.57 Å². The van der Waals surface area contributed by atoms with E-state index in [9.17, 15) is 22.4 Å². The summed E-state index contributed by atoms with van der Waals surface area (Å²) in [4.78, 5) is 13.9. The SMILES string of the molecule is C=C/C=C\C(=C(/C)OC)c1c(C(=O)CC(C)(C)C)n(Cc2ccccc2F)c2ccc(C(F)(F)F)cc12. The molecule has 0 unspecified atom stereocenters. The molecule has 7 heteroatoms. The Morgan fingerprint density at radius 3 is 2.35 bits per heavy atom. The number of Topliss-reactive ketones (excluding diaryl/α,β-unsaturated/α-hetero) is 1. The van der Waals surface area contributed by atoms with E-state index in [1.807, 2.05) is 20.8 Å². The minimum atomic E-state index is -4.59. The second kappa shape index (κ2) is 10.8. The molecule has 0 N–H and O–H groups in total. The standard InChI is InChI=1S/C30H31F4NO2/c1-7-8-12-22(19(2)37-6)27-23-16-21(30(32,33)34)14-15-25(23)35(18-20-11-9-10-13-24(20)31)28(27)26(36)17-29(3,4)5/h7-16H,1,17-18H2,2-6H3/b12-8-,22-19-. The highest BCUT2D eigenvalue weighted by atomic mass is 19.4. The Hall–Kier alpha value is -3.61. The van der Waals surface area contributed by atoms with Crippen LogP contribution in [0.15, 0.2) is 73.0 Å². The Bertz CT molecular complexity index is 1390. The first-order chi connectivity index (χ1) is 17.3. The number of ketones is 1. The van der Waals surface area contributed by atoms with Gasteiger partial charge in [-0.15, -0.1) is 0 Å². The number of aromatic nitrogens is 1.